The minimum absolute atomic E-state index is 0.0586. The van der Waals surface area contributed by atoms with Gasteiger partial charge in [-0.1, -0.05) is 6.92 Å². The number of carbonyl (C=O) groups is 1. The van der Waals surface area contributed by atoms with E-state index < -0.39 is 15.9 Å². The second-order valence-electron chi connectivity index (χ2n) is 6.49. The van der Waals surface area contributed by atoms with Crippen LogP contribution in [0.3, 0.4) is 0 Å². The normalized spacial score (nSPS) is 19.7. The Morgan fingerprint density at radius 1 is 1.37 bits per heavy atom. The molecule has 2 heterocycles. The van der Waals surface area contributed by atoms with Gasteiger partial charge in [-0.15, -0.1) is 0 Å². The van der Waals surface area contributed by atoms with Crippen LogP contribution in [0.5, 0.6) is 17.2 Å². The third-order valence-corrected chi connectivity index (χ3v) is 5.81. The second kappa shape index (κ2) is 7.91. The number of ether oxygens (including phenoxy) is 3. The molecule has 1 aromatic rings. The summed E-state index contributed by atoms with van der Waals surface area (Å²) in [6.45, 7) is 4.96. The molecule has 0 aromatic heterocycles. The molecule has 1 atom stereocenters. The van der Waals surface area contributed by atoms with Gasteiger partial charge in [-0.3, -0.25) is 9.69 Å². The molecule has 150 valence electrons. The van der Waals surface area contributed by atoms with E-state index in [1.165, 1.54) is 13.2 Å². The van der Waals surface area contributed by atoms with Crippen LogP contribution in [0.1, 0.15) is 30.1 Å². The summed E-state index contributed by atoms with van der Waals surface area (Å²) in [5.74, 6) is -0.248. The third-order valence-electron chi connectivity index (χ3n) is 4.89. The summed E-state index contributed by atoms with van der Waals surface area (Å²) in [4.78, 5) is 14.8. The average molecular weight is 399 g/mol. The van der Waals surface area contributed by atoms with E-state index in [0.29, 0.717) is 6.54 Å². The number of hydrogen-bond acceptors (Lipinski definition) is 7. The molecule has 1 fully saturated rings. The van der Waals surface area contributed by atoms with Gasteiger partial charge >= 0.3 is 0 Å². The first kappa shape index (κ1) is 19.7. The Labute approximate surface area is 158 Å². The lowest BCUT2D eigenvalue weighted by Gasteiger charge is -2.25. The molecule has 1 unspecified atom stereocenters. The highest BCUT2D eigenvalue weighted by atomic mass is 32.2. The SMILES string of the molecule is CCN1CCCC1CNC(=O)c1cc(S(N)(=O)=O)c(OC)c2c1OCCO2. The predicted molar refractivity (Wildman–Crippen MR) is 98.0 cm³/mol. The molecular weight excluding hydrogens is 374 g/mol. The Morgan fingerprint density at radius 3 is 2.70 bits per heavy atom. The van der Waals surface area contributed by atoms with Gasteiger partial charge < -0.3 is 19.5 Å². The minimum Gasteiger partial charge on any atom is -0.491 e. The van der Waals surface area contributed by atoms with E-state index in [-0.39, 0.29) is 47.0 Å². The van der Waals surface area contributed by atoms with Gasteiger partial charge in [-0.05, 0) is 32.0 Å². The van der Waals surface area contributed by atoms with Gasteiger partial charge in [-0.25, -0.2) is 13.6 Å². The molecule has 0 radical (unpaired) electrons. The first-order valence-corrected chi connectivity index (χ1v) is 10.5. The molecule has 1 aromatic carbocycles. The smallest absolute Gasteiger partial charge is 0.255 e. The molecule has 27 heavy (non-hydrogen) atoms. The average Bonchev–Trinajstić information content (AvgIpc) is 3.11. The zero-order chi connectivity index (χ0) is 19.6. The number of fused-ring (bicyclic) bond motifs is 1. The summed E-state index contributed by atoms with van der Waals surface area (Å²) in [5.41, 5.74) is 0.0653. The first-order valence-electron chi connectivity index (χ1n) is 8.92. The van der Waals surface area contributed by atoms with Crippen molar-refractivity contribution in [3.05, 3.63) is 11.6 Å². The number of nitrogens with two attached hydrogens (primary N) is 1. The summed E-state index contributed by atoms with van der Waals surface area (Å²) in [7, 11) is -2.82. The number of amides is 1. The number of hydrogen-bond donors (Lipinski definition) is 2. The van der Waals surface area contributed by atoms with Crippen molar-refractivity contribution in [2.24, 2.45) is 5.14 Å². The zero-order valence-corrected chi connectivity index (χ0v) is 16.3. The Morgan fingerprint density at radius 2 is 2.07 bits per heavy atom. The largest absolute Gasteiger partial charge is 0.491 e. The molecule has 0 saturated carbocycles. The van der Waals surface area contributed by atoms with Crippen LogP contribution in [-0.2, 0) is 10.0 Å². The molecule has 0 aliphatic carbocycles. The standard InChI is InChI=1S/C17H25N3O6S/c1-3-20-6-4-5-11(20)10-19-17(21)12-9-13(27(18,22)23)15(24-2)16-14(12)25-7-8-26-16/h9,11H,3-8,10H2,1-2H3,(H,19,21)(H2,18,22,23). The fourth-order valence-corrected chi connectivity index (χ4v) is 4.30. The van der Waals surface area contributed by atoms with Crippen LogP contribution in [0.4, 0.5) is 0 Å². The number of nitrogens with one attached hydrogen (secondary N) is 1. The van der Waals surface area contributed by atoms with Crippen molar-refractivity contribution >= 4 is 15.9 Å². The van der Waals surface area contributed by atoms with E-state index in [4.69, 9.17) is 19.3 Å². The highest BCUT2D eigenvalue weighted by Gasteiger charge is 2.32. The minimum atomic E-state index is -4.13. The maximum atomic E-state index is 12.8. The highest BCUT2D eigenvalue weighted by Crippen LogP contribution is 2.45. The maximum Gasteiger partial charge on any atom is 0.255 e. The van der Waals surface area contributed by atoms with Crippen LogP contribution in [0.15, 0.2) is 11.0 Å². The van der Waals surface area contributed by atoms with E-state index in [9.17, 15) is 13.2 Å². The van der Waals surface area contributed by atoms with E-state index in [1.807, 2.05) is 0 Å². The Balaban J connectivity index is 1.93. The summed E-state index contributed by atoms with van der Waals surface area (Å²) >= 11 is 0. The van der Waals surface area contributed by atoms with E-state index in [1.54, 1.807) is 0 Å². The maximum absolute atomic E-state index is 12.8. The van der Waals surface area contributed by atoms with Gasteiger partial charge in [0, 0.05) is 12.6 Å². The molecule has 2 aliphatic rings. The van der Waals surface area contributed by atoms with Crippen LogP contribution >= 0.6 is 0 Å². The van der Waals surface area contributed by atoms with E-state index in [0.717, 1.165) is 25.9 Å². The Hall–Kier alpha value is -2.04. The number of likely N-dealkylation sites (N-methyl/N-ethyl adjacent to an activating group) is 1. The van der Waals surface area contributed by atoms with Crippen molar-refractivity contribution in [1.82, 2.24) is 10.2 Å². The summed E-state index contributed by atoms with van der Waals surface area (Å²) in [6, 6.07) is 1.45. The molecule has 3 N–H and O–H groups in total. The Kier molecular flexibility index (Phi) is 5.78. The van der Waals surface area contributed by atoms with Gasteiger partial charge in [0.05, 0.1) is 12.7 Å². The van der Waals surface area contributed by atoms with Crippen molar-refractivity contribution in [3.8, 4) is 17.2 Å². The molecule has 3 rings (SSSR count). The molecule has 0 bridgehead atoms. The number of nitrogens with zero attached hydrogens (tertiary/aromatic N) is 1. The number of carbonyl (C=O) groups excluding carboxylic acids is 1. The lowest BCUT2D eigenvalue weighted by Crippen LogP contribution is -2.40. The number of benzene rings is 1. The van der Waals surface area contributed by atoms with Gasteiger partial charge in [0.1, 0.15) is 18.1 Å². The molecule has 10 heteroatoms. The van der Waals surface area contributed by atoms with Crippen molar-refractivity contribution in [2.45, 2.75) is 30.7 Å². The topological polar surface area (TPSA) is 120 Å². The van der Waals surface area contributed by atoms with Crippen molar-refractivity contribution < 1.29 is 27.4 Å². The molecule has 1 saturated heterocycles. The third kappa shape index (κ3) is 3.97. The zero-order valence-electron chi connectivity index (χ0n) is 15.5. The first-order chi connectivity index (χ1) is 12.9. The van der Waals surface area contributed by atoms with Gasteiger partial charge in [-0.2, -0.15) is 0 Å². The molecule has 1 amide bonds. The summed E-state index contributed by atoms with van der Waals surface area (Å²) in [5, 5.41) is 8.18. The van der Waals surface area contributed by atoms with E-state index in [2.05, 4.69) is 17.1 Å². The van der Waals surface area contributed by atoms with Crippen LogP contribution in [0.2, 0.25) is 0 Å². The van der Waals surface area contributed by atoms with Crippen molar-refractivity contribution in [2.75, 3.05) is 40.0 Å². The fourth-order valence-electron chi connectivity index (χ4n) is 3.58. The Bertz CT molecular complexity index is 826. The number of rotatable bonds is 6. The second-order valence-corrected chi connectivity index (χ2v) is 8.02. The molecule has 0 spiro atoms. The number of likely N-dealkylation sites (tertiary alicyclic amines) is 1. The number of primary sulfonamides is 1. The van der Waals surface area contributed by atoms with Crippen LogP contribution < -0.4 is 24.7 Å². The number of sulfonamides is 1. The van der Waals surface area contributed by atoms with Crippen LogP contribution in [-0.4, -0.2) is 65.2 Å². The van der Waals surface area contributed by atoms with E-state index >= 15 is 0 Å². The monoisotopic (exact) mass is 399 g/mol. The van der Waals surface area contributed by atoms with Crippen LogP contribution in [0.25, 0.3) is 0 Å². The highest BCUT2D eigenvalue weighted by molar-refractivity contribution is 7.89. The quantitative estimate of drug-likeness (QED) is 0.707. The lowest BCUT2D eigenvalue weighted by molar-refractivity contribution is 0.0929. The van der Waals surface area contributed by atoms with Crippen LogP contribution in [0, 0.1) is 0 Å². The fraction of sp³-hybridized carbons (Fsp3) is 0.588. The van der Waals surface area contributed by atoms with Crippen molar-refractivity contribution in [1.29, 1.82) is 0 Å². The van der Waals surface area contributed by atoms with Gasteiger partial charge in [0.2, 0.25) is 15.8 Å². The van der Waals surface area contributed by atoms with Gasteiger partial charge in [0.25, 0.3) is 5.91 Å². The predicted octanol–water partition coefficient (Wildman–Crippen LogP) is 0.328. The summed E-state index contributed by atoms with van der Waals surface area (Å²) in [6.07, 6.45) is 2.11. The lowest BCUT2D eigenvalue weighted by atomic mass is 10.1. The van der Waals surface area contributed by atoms with Gasteiger partial charge in [0.15, 0.2) is 11.5 Å². The summed E-state index contributed by atoms with van der Waals surface area (Å²) < 4.78 is 40.3. The number of methoxy groups -OCH3 is 1. The molecule has 9 nitrogen and oxygen atoms in total. The van der Waals surface area contributed by atoms with Crippen molar-refractivity contribution in [3.63, 3.8) is 0 Å². The molecule has 2 aliphatic heterocycles. The molecular formula is C17H25N3O6S.